The summed E-state index contributed by atoms with van der Waals surface area (Å²) < 4.78 is 11.7. The van der Waals surface area contributed by atoms with Crippen LogP contribution in [0.2, 0.25) is 0 Å². The molecule has 21 heavy (non-hydrogen) atoms. The summed E-state index contributed by atoms with van der Waals surface area (Å²) in [5.74, 6) is 2.02. The van der Waals surface area contributed by atoms with E-state index >= 15 is 0 Å². The largest absolute Gasteiger partial charge is 0.389 e. The molecule has 0 aromatic carbocycles. The van der Waals surface area contributed by atoms with Crippen LogP contribution in [0.25, 0.3) is 0 Å². The Morgan fingerprint density at radius 2 is 1.90 bits per heavy atom. The molecule has 0 aromatic heterocycles. The molecular weight excluding hydrogens is 264 g/mol. The van der Waals surface area contributed by atoms with Crippen molar-refractivity contribution in [2.45, 2.75) is 70.5 Å². The van der Waals surface area contributed by atoms with Gasteiger partial charge >= 0.3 is 0 Å². The zero-order valence-corrected chi connectivity index (χ0v) is 13.9. The second kappa shape index (κ2) is 5.82. The highest BCUT2D eigenvalue weighted by atomic mass is 16.6. The maximum atomic E-state index is 11.6. The third kappa shape index (κ3) is 2.89. The standard InChI is InChI=1S/C18H32O3/c1-13(2)16-5-4-14(3)10-18(16,19)15-6-8-21-17(11-15)7-9-20-12-17/h13-16,19H,4-12H2,1-3H3. The smallest absolute Gasteiger partial charge is 0.0940 e. The topological polar surface area (TPSA) is 38.7 Å². The van der Waals surface area contributed by atoms with Crippen LogP contribution in [0.5, 0.6) is 0 Å². The van der Waals surface area contributed by atoms with Crippen molar-refractivity contribution in [1.29, 1.82) is 0 Å². The SMILES string of the molecule is CC1CCC(C(C)C)C(O)(C2CCOC3(CCOC3)C2)C1. The van der Waals surface area contributed by atoms with E-state index in [2.05, 4.69) is 20.8 Å². The third-order valence-electron chi connectivity index (χ3n) is 6.36. The summed E-state index contributed by atoms with van der Waals surface area (Å²) in [6.45, 7) is 9.18. The quantitative estimate of drug-likeness (QED) is 0.849. The lowest BCUT2D eigenvalue weighted by Gasteiger charge is -2.52. The lowest BCUT2D eigenvalue weighted by Crippen LogP contribution is -2.55. The van der Waals surface area contributed by atoms with E-state index < -0.39 is 5.60 Å². The van der Waals surface area contributed by atoms with Crippen LogP contribution >= 0.6 is 0 Å². The van der Waals surface area contributed by atoms with E-state index in [0.717, 1.165) is 45.5 Å². The van der Waals surface area contributed by atoms with E-state index in [0.29, 0.717) is 23.7 Å². The molecule has 2 heterocycles. The first-order valence-corrected chi connectivity index (χ1v) is 8.89. The molecule has 1 spiro atoms. The van der Waals surface area contributed by atoms with Gasteiger partial charge < -0.3 is 14.6 Å². The van der Waals surface area contributed by atoms with Crippen LogP contribution in [0.15, 0.2) is 0 Å². The lowest BCUT2D eigenvalue weighted by molar-refractivity contribution is -0.181. The Labute approximate surface area is 129 Å². The normalized spacial score (nSPS) is 48.1. The predicted molar refractivity (Wildman–Crippen MR) is 83.1 cm³/mol. The molecule has 1 saturated carbocycles. The van der Waals surface area contributed by atoms with Gasteiger partial charge in [0.15, 0.2) is 0 Å². The average molecular weight is 296 g/mol. The van der Waals surface area contributed by atoms with Gasteiger partial charge in [0.25, 0.3) is 0 Å². The summed E-state index contributed by atoms with van der Waals surface area (Å²) in [4.78, 5) is 0. The number of ether oxygens (including phenoxy) is 2. The highest BCUT2D eigenvalue weighted by Crippen LogP contribution is 2.50. The Kier molecular flexibility index (Phi) is 4.37. The van der Waals surface area contributed by atoms with Gasteiger partial charge in [0.05, 0.1) is 17.8 Å². The summed E-state index contributed by atoms with van der Waals surface area (Å²) in [5.41, 5.74) is -0.591. The van der Waals surface area contributed by atoms with Gasteiger partial charge in [-0.3, -0.25) is 0 Å². The molecule has 122 valence electrons. The molecule has 0 aromatic rings. The van der Waals surface area contributed by atoms with E-state index in [-0.39, 0.29) is 5.60 Å². The first kappa shape index (κ1) is 15.8. The molecule has 0 amide bonds. The number of hydrogen-bond donors (Lipinski definition) is 1. The zero-order chi connectivity index (χ0) is 15.1. The summed E-state index contributed by atoms with van der Waals surface area (Å²) in [7, 11) is 0. The molecule has 3 nitrogen and oxygen atoms in total. The molecule has 3 aliphatic rings. The zero-order valence-electron chi connectivity index (χ0n) is 13.9. The predicted octanol–water partition coefficient (Wildman–Crippen LogP) is 3.40. The maximum absolute atomic E-state index is 11.6. The minimum absolute atomic E-state index is 0.0964. The summed E-state index contributed by atoms with van der Waals surface area (Å²) >= 11 is 0. The minimum Gasteiger partial charge on any atom is -0.389 e. The van der Waals surface area contributed by atoms with Crippen LogP contribution in [0.4, 0.5) is 0 Å². The summed E-state index contributed by atoms with van der Waals surface area (Å²) in [6, 6.07) is 0. The average Bonchev–Trinajstić information content (AvgIpc) is 2.86. The van der Waals surface area contributed by atoms with Gasteiger partial charge in [-0.25, -0.2) is 0 Å². The maximum Gasteiger partial charge on any atom is 0.0940 e. The summed E-state index contributed by atoms with van der Waals surface area (Å²) in [5, 5.41) is 11.6. The van der Waals surface area contributed by atoms with Crippen LogP contribution < -0.4 is 0 Å². The van der Waals surface area contributed by atoms with E-state index in [1.165, 1.54) is 12.8 Å². The van der Waals surface area contributed by atoms with Crippen LogP contribution in [0.3, 0.4) is 0 Å². The van der Waals surface area contributed by atoms with Crippen molar-refractivity contribution in [3.63, 3.8) is 0 Å². The number of hydrogen-bond acceptors (Lipinski definition) is 3. The molecular formula is C18H32O3. The fourth-order valence-corrected chi connectivity index (χ4v) is 5.22. The summed E-state index contributed by atoms with van der Waals surface area (Å²) in [6.07, 6.45) is 6.41. The Bertz CT molecular complexity index is 361. The van der Waals surface area contributed by atoms with Crippen LogP contribution in [-0.2, 0) is 9.47 Å². The van der Waals surface area contributed by atoms with Gasteiger partial charge in [-0.05, 0) is 49.4 Å². The Balaban J connectivity index is 1.81. The van der Waals surface area contributed by atoms with Gasteiger partial charge in [-0.15, -0.1) is 0 Å². The van der Waals surface area contributed by atoms with Crippen molar-refractivity contribution in [2.75, 3.05) is 19.8 Å². The monoisotopic (exact) mass is 296 g/mol. The Hall–Kier alpha value is -0.120. The van der Waals surface area contributed by atoms with Crippen molar-refractivity contribution < 1.29 is 14.6 Å². The van der Waals surface area contributed by atoms with Crippen molar-refractivity contribution in [3.8, 4) is 0 Å². The lowest BCUT2D eigenvalue weighted by atomic mass is 9.59. The van der Waals surface area contributed by atoms with E-state index in [1.54, 1.807) is 0 Å². The van der Waals surface area contributed by atoms with E-state index in [4.69, 9.17) is 9.47 Å². The Morgan fingerprint density at radius 3 is 2.57 bits per heavy atom. The van der Waals surface area contributed by atoms with E-state index in [9.17, 15) is 5.11 Å². The first-order valence-electron chi connectivity index (χ1n) is 8.89. The van der Waals surface area contributed by atoms with E-state index in [1.807, 2.05) is 0 Å². The third-order valence-corrected chi connectivity index (χ3v) is 6.36. The Morgan fingerprint density at radius 1 is 1.10 bits per heavy atom. The molecule has 1 aliphatic carbocycles. The molecule has 2 aliphatic heterocycles. The molecule has 0 radical (unpaired) electrons. The fraction of sp³-hybridized carbons (Fsp3) is 1.00. The minimum atomic E-state index is -0.495. The second-order valence-corrected chi connectivity index (χ2v) is 8.25. The van der Waals surface area contributed by atoms with Crippen molar-refractivity contribution in [2.24, 2.45) is 23.7 Å². The molecule has 3 heteroatoms. The van der Waals surface area contributed by atoms with Crippen LogP contribution in [-0.4, -0.2) is 36.1 Å². The van der Waals surface area contributed by atoms with Gasteiger partial charge in [0, 0.05) is 19.6 Å². The number of rotatable bonds is 2. The van der Waals surface area contributed by atoms with Crippen molar-refractivity contribution in [3.05, 3.63) is 0 Å². The molecule has 5 atom stereocenters. The molecule has 5 unspecified atom stereocenters. The van der Waals surface area contributed by atoms with Crippen molar-refractivity contribution in [1.82, 2.24) is 0 Å². The van der Waals surface area contributed by atoms with Gasteiger partial charge in [-0.2, -0.15) is 0 Å². The molecule has 2 saturated heterocycles. The highest BCUT2D eigenvalue weighted by Gasteiger charge is 2.52. The fourth-order valence-electron chi connectivity index (χ4n) is 5.22. The van der Waals surface area contributed by atoms with Gasteiger partial charge in [0.2, 0.25) is 0 Å². The van der Waals surface area contributed by atoms with Crippen LogP contribution in [0, 0.1) is 23.7 Å². The highest BCUT2D eigenvalue weighted by molar-refractivity contribution is 5.03. The molecule has 3 fully saturated rings. The number of aliphatic hydroxyl groups is 1. The molecule has 3 rings (SSSR count). The van der Waals surface area contributed by atoms with Gasteiger partial charge in [-0.1, -0.05) is 27.2 Å². The van der Waals surface area contributed by atoms with Gasteiger partial charge in [0.1, 0.15) is 0 Å². The van der Waals surface area contributed by atoms with Crippen LogP contribution in [0.1, 0.15) is 59.3 Å². The van der Waals surface area contributed by atoms with Crippen molar-refractivity contribution >= 4 is 0 Å². The second-order valence-electron chi connectivity index (χ2n) is 8.25. The molecule has 0 bridgehead atoms. The first-order chi connectivity index (χ1) is 9.95. The molecule has 1 N–H and O–H groups in total.